The summed E-state index contributed by atoms with van der Waals surface area (Å²) < 4.78 is 10.4. The molecule has 82 valence electrons. The van der Waals surface area contributed by atoms with Gasteiger partial charge in [-0.15, -0.1) is 0 Å². The Morgan fingerprint density at radius 2 is 2.33 bits per heavy atom. The second-order valence-corrected chi connectivity index (χ2v) is 3.07. The Labute approximate surface area is 93.9 Å². The molecule has 0 radical (unpaired) electrons. The van der Waals surface area contributed by atoms with E-state index in [1.165, 1.54) is 0 Å². The van der Waals surface area contributed by atoms with Crippen molar-refractivity contribution in [2.24, 2.45) is 0 Å². The first-order valence-electron chi connectivity index (χ1n) is 4.61. The summed E-state index contributed by atoms with van der Waals surface area (Å²) in [6.45, 7) is 6.78. The van der Waals surface area contributed by atoms with Crippen molar-refractivity contribution >= 4 is 11.6 Å². The molecule has 0 saturated heterocycles. The summed E-state index contributed by atoms with van der Waals surface area (Å²) >= 11 is 5.80. The maximum absolute atomic E-state index is 5.80. The van der Waals surface area contributed by atoms with E-state index in [1.54, 1.807) is 12.1 Å². The lowest BCUT2D eigenvalue weighted by Gasteiger charge is -2.05. The normalized spacial score (nSPS) is 10.0. The summed E-state index contributed by atoms with van der Waals surface area (Å²) in [6, 6.07) is 1.56. The van der Waals surface area contributed by atoms with Crippen LogP contribution in [0.3, 0.4) is 0 Å². The minimum atomic E-state index is 0.335. The number of halogens is 1. The van der Waals surface area contributed by atoms with Crippen LogP contribution in [0, 0.1) is 0 Å². The Bertz CT molecular complexity index is 331. The van der Waals surface area contributed by atoms with Crippen molar-refractivity contribution in [3.63, 3.8) is 0 Å². The van der Waals surface area contributed by atoms with Crippen molar-refractivity contribution in [1.29, 1.82) is 0 Å². The van der Waals surface area contributed by atoms with Crippen molar-refractivity contribution in [3.8, 4) is 5.88 Å². The molecule has 0 spiro atoms. The predicted molar refractivity (Wildman–Crippen MR) is 58.1 cm³/mol. The molecule has 0 unspecified atom stereocenters. The lowest BCUT2D eigenvalue weighted by Crippen LogP contribution is -2.03. The number of hydrogen-bond donors (Lipinski definition) is 0. The maximum atomic E-state index is 5.80. The SMILES string of the molecule is C=CCOc1cc(Cl)nc(COCC)n1. The first kappa shape index (κ1) is 11.9. The van der Waals surface area contributed by atoms with Crippen LogP contribution in [-0.2, 0) is 11.3 Å². The molecule has 0 aliphatic rings. The molecule has 0 aliphatic heterocycles. The summed E-state index contributed by atoms with van der Waals surface area (Å²) in [6.07, 6.45) is 1.64. The molecule has 1 heterocycles. The molecule has 1 aromatic heterocycles. The lowest BCUT2D eigenvalue weighted by atomic mass is 10.5. The van der Waals surface area contributed by atoms with Crippen LogP contribution in [0.1, 0.15) is 12.7 Å². The molecule has 0 N–H and O–H groups in total. The van der Waals surface area contributed by atoms with E-state index in [-0.39, 0.29) is 0 Å². The van der Waals surface area contributed by atoms with Gasteiger partial charge in [0.05, 0.1) is 0 Å². The van der Waals surface area contributed by atoms with Gasteiger partial charge in [0.1, 0.15) is 18.4 Å². The molecule has 4 nitrogen and oxygen atoms in total. The average Bonchev–Trinajstić information content (AvgIpc) is 2.23. The third-order valence-corrected chi connectivity index (χ3v) is 1.70. The first-order chi connectivity index (χ1) is 7.26. The molecule has 1 rings (SSSR count). The van der Waals surface area contributed by atoms with E-state index in [2.05, 4.69) is 16.5 Å². The van der Waals surface area contributed by atoms with Crippen LogP contribution in [0.2, 0.25) is 5.15 Å². The second kappa shape index (κ2) is 6.37. The monoisotopic (exact) mass is 228 g/mol. The summed E-state index contributed by atoms with van der Waals surface area (Å²) in [7, 11) is 0. The Morgan fingerprint density at radius 1 is 1.53 bits per heavy atom. The quantitative estimate of drug-likeness (QED) is 0.553. The molecule has 0 aromatic carbocycles. The molecule has 0 saturated carbocycles. The number of aromatic nitrogens is 2. The van der Waals surface area contributed by atoms with Gasteiger partial charge in [-0.3, -0.25) is 0 Å². The van der Waals surface area contributed by atoms with Gasteiger partial charge in [-0.05, 0) is 6.92 Å². The number of ether oxygens (including phenoxy) is 2. The summed E-state index contributed by atoms with van der Waals surface area (Å²) in [4.78, 5) is 8.12. The summed E-state index contributed by atoms with van der Waals surface area (Å²) in [5, 5.41) is 0.346. The molecule has 0 atom stereocenters. The second-order valence-electron chi connectivity index (χ2n) is 2.68. The highest BCUT2D eigenvalue weighted by Gasteiger charge is 2.03. The predicted octanol–water partition coefficient (Wildman–Crippen LogP) is 2.23. The highest BCUT2D eigenvalue weighted by molar-refractivity contribution is 6.29. The van der Waals surface area contributed by atoms with E-state index in [9.17, 15) is 0 Å². The Morgan fingerprint density at radius 3 is 3.00 bits per heavy atom. The maximum Gasteiger partial charge on any atom is 0.218 e. The minimum Gasteiger partial charge on any atom is -0.473 e. The van der Waals surface area contributed by atoms with Gasteiger partial charge in [0.15, 0.2) is 5.82 Å². The Hall–Kier alpha value is -1.13. The van der Waals surface area contributed by atoms with Crippen molar-refractivity contribution in [1.82, 2.24) is 9.97 Å². The van der Waals surface area contributed by atoms with Gasteiger partial charge in [0.25, 0.3) is 0 Å². The number of rotatable bonds is 6. The van der Waals surface area contributed by atoms with E-state index in [0.29, 0.717) is 36.7 Å². The van der Waals surface area contributed by atoms with Crippen molar-refractivity contribution < 1.29 is 9.47 Å². The van der Waals surface area contributed by atoms with Crippen LogP contribution in [0.4, 0.5) is 0 Å². The lowest BCUT2D eigenvalue weighted by molar-refractivity contribution is 0.127. The third kappa shape index (κ3) is 4.27. The molecule has 15 heavy (non-hydrogen) atoms. The third-order valence-electron chi connectivity index (χ3n) is 1.50. The topological polar surface area (TPSA) is 44.2 Å². The first-order valence-corrected chi connectivity index (χ1v) is 4.99. The fraction of sp³-hybridized carbons (Fsp3) is 0.400. The van der Waals surface area contributed by atoms with Gasteiger partial charge < -0.3 is 9.47 Å². The summed E-state index contributed by atoms with van der Waals surface area (Å²) in [5.41, 5.74) is 0. The van der Waals surface area contributed by atoms with Crippen molar-refractivity contribution in [3.05, 3.63) is 29.7 Å². The Kier molecular flexibility index (Phi) is 5.07. The average molecular weight is 229 g/mol. The van der Waals surface area contributed by atoms with Crippen molar-refractivity contribution in [2.45, 2.75) is 13.5 Å². The van der Waals surface area contributed by atoms with Gasteiger partial charge in [-0.25, -0.2) is 4.98 Å². The van der Waals surface area contributed by atoms with E-state index in [0.717, 1.165) is 0 Å². The molecule has 1 aromatic rings. The highest BCUT2D eigenvalue weighted by atomic mass is 35.5. The van der Waals surface area contributed by atoms with Crippen LogP contribution in [0.15, 0.2) is 18.7 Å². The van der Waals surface area contributed by atoms with Crippen LogP contribution in [0.5, 0.6) is 5.88 Å². The highest BCUT2D eigenvalue weighted by Crippen LogP contribution is 2.14. The standard InChI is InChI=1S/C10H13ClN2O2/c1-3-5-15-10-6-8(11)12-9(13-10)7-14-4-2/h3,6H,1,4-5,7H2,2H3. The molecule has 0 bridgehead atoms. The zero-order chi connectivity index (χ0) is 11.1. The summed E-state index contributed by atoms with van der Waals surface area (Å²) in [5.74, 6) is 0.952. The van der Waals surface area contributed by atoms with E-state index in [1.807, 2.05) is 6.92 Å². The van der Waals surface area contributed by atoms with Gasteiger partial charge in [-0.2, -0.15) is 4.98 Å². The fourth-order valence-corrected chi connectivity index (χ4v) is 1.11. The van der Waals surface area contributed by atoms with E-state index < -0.39 is 0 Å². The molecule has 0 aliphatic carbocycles. The molecule has 0 amide bonds. The van der Waals surface area contributed by atoms with Gasteiger partial charge >= 0.3 is 0 Å². The van der Waals surface area contributed by atoms with Crippen LogP contribution in [0.25, 0.3) is 0 Å². The Balaban J connectivity index is 2.70. The van der Waals surface area contributed by atoms with Gasteiger partial charge in [0.2, 0.25) is 5.88 Å². The van der Waals surface area contributed by atoms with Crippen LogP contribution >= 0.6 is 11.6 Å². The zero-order valence-corrected chi connectivity index (χ0v) is 9.33. The molecular weight excluding hydrogens is 216 g/mol. The van der Waals surface area contributed by atoms with E-state index in [4.69, 9.17) is 21.1 Å². The molecule has 0 fully saturated rings. The fourth-order valence-electron chi connectivity index (χ4n) is 0.918. The molecular formula is C10H13ClN2O2. The minimum absolute atomic E-state index is 0.335. The number of hydrogen-bond acceptors (Lipinski definition) is 4. The van der Waals surface area contributed by atoms with Crippen LogP contribution < -0.4 is 4.74 Å². The largest absolute Gasteiger partial charge is 0.473 e. The van der Waals surface area contributed by atoms with Crippen LogP contribution in [-0.4, -0.2) is 23.2 Å². The smallest absolute Gasteiger partial charge is 0.218 e. The van der Waals surface area contributed by atoms with Crippen molar-refractivity contribution in [2.75, 3.05) is 13.2 Å². The zero-order valence-electron chi connectivity index (χ0n) is 8.57. The van der Waals surface area contributed by atoms with E-state index >= 15 is 0 Å². The van der Waals surface area contributed by atoms with Gasteiger partial charge in [-0.1, -0.05) is 24.3 Å². The number of nitrogens with zero attached hydrogens (tertiary/aromatic N) is 2. The molecule has 5 heteroatoms. The van der Waals surface area contributed by atoms with Gasteiger partial charge in [0, 0.05) is 12.7 Å².